The maximum atomic E-state index is 11.6. The van der Waals surface area contributed by atoms with Crippen LogP contribution >= 0.6 is 0 Å². The molecule has 0 saturated heterocycles. The SMILES string of the molecule is CN(C)CCC(=O)NC1CCC(C(=O)O)CC1. The summed E-state index contributed by atoms with van der Waals surface area (Å²) in [6, 6.07) is 0.167. The van der Waals surface area contributed by atoms with Gasteiger partial charge in [0.2, 0.25) is 5.91 Å². The minimum absolute atomic E-state index is 0.0671. The van der Waals surface area contributed by atoms with E-state index in [1.165, 1.54) is 0 Å². The highest BCUT2D eigenvalue weighted by molar-refractivity contribution is 5.76. The van der Waals surface area contributed by atoms with Gasteiger partial charge in [0.1, 0.15) is 0 Å². The molecule has 0 radical (unpaired) electrons. The molecule has 1 rings (SSSR count). The highest BCUT2D eigenvalue weighted by atomic mass is 16.4. The molecule has 0 unspecified atom stereocenters. The lowest BCUT2D eigenvalue weighted by molar-refractivity contribution is -0.142. The van der Waals surface area contributed by atoms with Crippen molar-refractivity contribution in [3.63, 3.8) is 0 Å². The van der Waals surface area contributed by atoms with E-state index >= 15 is 0 Å². The molecule has 1 aliphatic rings. The summed E-state index contributed by atoms with van der Waals surface area (Å²) in [6.45, 7) is 0.746. The van der Waals surface area contributed by atoms with E-state index in [2.05, 4.69) is 5.32 Å². The summed E-state index contributed by atoms with van der Waals surface area (Å²) in [7, 11) is 3.87. The topological polar surface area (TPSA) is 69.6 Å². The summed E-state index contributed by atoms with van der Waals surface area (Å²) in [6.07, 6.45) is 3.42. The number of rotatable bonds is 5. The third-order valence-electron chi connectivity index (χ3n) is 3.23. The second kappa shape index (κ2) is 6.59. The van der Waals surface area contributed by atoms with E-state index in [1.54, 1.807) is 0 Å². The van der Waals surface area contributed by atoms with Crippen molar-refractivity contribution in [3.05, 3.63) is 0 Å². The number of nitrogens with one attached hydrogen (secondary N) is 1. The van der Waals surface area contributed by atoms with Crippen molar-refractivity contribution in [1.29, 1.82) is 0 Å². The van der Waals surface area contributed by atoms with Crippen molar-refractivity contribution < 1.29 is 14.7 Å². The molecule has 0 aromatic carbocycles. The molecular weight excluding hydrogens is 220 g/mol. The van der Waals surface area contributed by atoms with Crippen LogP contribution in [0.5, 0.6) is 0 Å². The molecule has 0 aromatic heterocycles. The van der Waals surface area contributed by atoms with Gasteiger partial charge in [0.15, 0.2) is 0 Å². The van der Waals surface area contributed by atoms with Crippen LogP contribution in [0, 0.1) is 5.92 Å². The Kier molecular flexibility index (Phi) is 5.41. The molecule has 0 atom stereocenters. The Bertz CT molecular complexity index is 271. The Labute approximate surface area is 102 Å². The highest BCUT2D eigenvalue weighted by Crippen LogP contribution is 2.24. The number of hydrogen-bond acceptors (Lipinski definition) is 3. The maximum absolute atomic E-state index is 11.6. The molecule has 0 bridgehead atoms. The predicted octanol–water partition coefficient (Wildman–Crippen LogP) is 0.698. The average Bonchev–Trinajstić information content (AvgIpc) is 2.27. The van der Waals surface area contributed by atoms with Crippen LogP contribution in [0.2, 0.25) is 0 Å². The number of hydrogen-bond donors (Lipinski definition) is 2. The summed E-state index contributed by atoms with van der Waals surface area (Å²) >= 11 is 0. The average molecular weight is 242 g/mol. The van der Waals surface area contributed by atoms with Crippen LogP contribution in [-0.2, 0) is 9.59 Å². The quantitative estimate of drug-likeness (QED) is 0.744. The lowest BCUT2D eigenvalue weighted by atomic mass is 9.86. The fourth-order valence-corrected chi connectivity index (χ4v) is 2.11. The molecule has 5 heteroatoms. The van der Waals surface area contributed by atoms with E-state index in [-0.39, 0.29) is 17.9 Å². The summed E-state index contributed by atoms with van der Waals surface area (Å²) in [5.41, 5.74) is 0. The molecule has 0 spiro atoms. The van der Waals surface area contributed by atoms with Gasteiger partial charge in [0.05, 0.1) is 5.92 Å². The smallest absolute Gasteiger partial charge is 0.306 e. The van der Waals surface area contributed by atoms with Crippen LogP contribution in [0.25, 0.3) is 0 Å². The first-order valence-electron chi connectivity index (χ1n) is 6.16. The van der Waals surface area contributed by atoms with E-state index in [0.717, 1.165) is 19.4 Å². The predicted molar refractivity (Wildman–Crippen MR) is 64.7 cm³/mol. The number of carbonyl (C=O) groups excluding carboxylic acids is 1. The molecule has 0 aliphatic heterocycles. The van der Waals surface area contributed by atoms with Gasteiger partial charge in [-0.3, -0.25) is 9.59 Å². The van der Waals surface area contributed by atoms with Crippen LogP contribution in [0.1, 0.15) is 32.1 Å². The van der Waals surface area contributed by atoms with Gasteiger partial charge in [0.25, 0.3) is 0 Å². The first kappa shape index (κ1) is 14.0. The summed E-state index contributed by atoms with van der Waals surface area (Å²) < 4.78 is 0. The van der Waals surface area contributed by atoms with Crippen molar-refractivity contribution in [1.82, 2.24) is 10.2 Å². The normalized spacial score (nSPS) is 24.6. The van der Waals surface area contributed by atoms with Crippen molar-refractivity contribution >= 4 is 11.9 Å². The Morgan fingerprint density at radius 1 is 1.24 bits per heavy atom. The Balaban J connectivity index is 2.21. The van der Waals surface area contributed by atoms with Gasteiger partial charge in [-0.1, -0.05) is 0 Å². The zero-order valence-corrected chi connectivity index (χ0v) is 10.6. The summed E-state index contributed by atoms with van der Waals surface area (Å²) in [4.78, 5) is 24.3. The molecule has 1 saturated carbocycles. The lowest BCUT2D eigenvalue weighted by Gasteiger charge is -2.27. The second-order valence-electron chi connectivity index (χ2n) is 5.01. The number of aliphatic carboxylic acids is 1. The number of carboxylic acids is 1. The standard InChI is InChI=1S/C12H22N2O3/c1-14(2)8-7-11(15)13-10-5-3-9(4-6-10)12(16)17/h9-10H,3-8H2,1-2H3,(H,13,15)(H,16,17). The van der Waals surface area contributed by atoms with E-state index in [9.17, 15) is 9.59 Å². The van der Waals surface area contributed by atoms with Crippen molar-refractivity contribution in [2.24, 2.45) is 5.92 Å². The minimum atomic E-state index is -0.706. The molecule has 2 N–H and O–H groups in total. The molecule has 98 valence electrons. The van der Waals surface area contributed by atoms with Gasteiger partial charge in [-0.05, 0) is 39.8 Å². The van der Waals surface area contributed by atoms with Gasteiger partial charge in [-0.15, -0.1) is 0 Å². The fraction of sp³-hybridized carbons (Fsp3) is 0.833. The third kappa shape index (κ3) is 5.17. The zero-order chi connectivity index (χ0) is 12.8. The van der Waals surface area contributed by atoms with Gasteiger partial charge >= 0.3 is 5.97 Å². The number of carbonyl (C=O) groups is 2. The Morgan fingerprint density at radius 2 is 1.82 bits per heavy atom. The lowest BCUT2D eigenvalue weighted by Crippen LogP contribution is -2.39. The van der Waals surface area contributed by atoms with E-state index in [0.29, 0.717) is 19.3 Å². The van der Waals surface area contributed by atoms with E-state index < -0.39 is 5.97 Å². The number of amides is 1. The van der Waals surface area contributed by atoms with Gasteiger partial charge < -0.3 is 15.3 Å². The maximum Gasteiger partial charge on any atom is 0.306 e. The van der Waals surface area contributed by atoms with Crippen LogP contribution in [-0.4, -0.2) is 48.6 Å². The molecule has 5 nitrogen and oxygen atoms in total. The molecule has 0 heterocycles. The minimum Gasteiger partial charge on any atom is -0.481 e. The number of nitrogens with zero attached hydrogens (tertiary/aromatic N) is 1. The van der Waals surface area contributed by atoms with Crippen molar-refractivity contribution in [2.45, 2.75) is 38.1 Å². The van der Waals surface area contributed by atoms with Crippen LogP contribution < -0.4 is 5.32 Å². The van der Waals surface area contributed by atoms with Crippen LogP contribution in [0.15, 0.2) is 0 Å². The third-order valence-corrected chi connectivity index (χ3v) is 3.23. The van der Waals surface area contributed by atoms with Gasteiger partial charge in [-0.2, -0.15) is 0 Å². The molecule has 1 fully saturated rings. The fourth-order valence-electron chi connectivity index (χ4n) is 2.11. The molecule has 0 aromatic rings. The zero-order valence-electron chi connectivity index (χ0n) is 10.6. The Morgan fingerprint density at radius 3 is 2.29 bits per heavy atom. The monoisotopic (exact) mass is 242 g/mol. The van der Waals surface area contributed by atoms with Gasteiger partial charge in [-0.25, -0.2) is 0 Å². The largest absolute Gasteiger partial charge is 0.481 e. The van der Waals surface area contributed by atoms with Crippen molar-refractivity contribution in [2.75, 3.05) is 20.6 Å². The molecule has 1 aliphatic carbocycles. The first-order valence-corrected chi connectivity index (χ1v) is 6.16. The summed E-state index contributed by atoms with van der Waals surface area (Å²) in [5, 5.41) is 11.8. The van der Waals surface area contributed by atoms with Crippen molar-refractivity contribution in [3.8, 4) is 0 Å². The second-order valence-corrected chi connectivity index (χ2v) is 5.01. The summed E-state index contributed by atoms with van der Waals surface area (Å²) in [5.74, 6) is -0.857. The molecule has 1 amide bonds. The number of carboxylic acid groups (broad SMARTS) is 1. The van der Waals surface area contributed by atoms with E-state index in [1.807, 2.05) is 19.0 Å². The molecular formula is C12H22N2O3. The van der Waals surface area contributed by atoms with Crippen LogP contribution in [0.3, 0.4) is 0 Å². The molecule has 17 heavy (non-hydrogen) atoms. The highest BCUT2D eigenvalue weighted by Gasteiger charge is 2.26. The first-order chi connectivity index (χ1) is 7.99. The van der Waals surface area contributed by atoms with Gasteiger partial charge in [0, 0.05) is 19.0 Å². The van der Waals surface area contributed by atoms with Crippen LogP contribution in [0.4, 0.5) is 0 Å². The van der Waals surface area contributed by atoms with E-state index in [4.69, 9.17) is 5.11 Å². The Hall–Kier alpha value is -1.10.